The number of allylic oxidation sites excluding steroid dienone is 2. The van der Waals surface area contributed by atoms with Crippen molar-refractivity contribution >= 4 is 0 Å². The van der Waals surface area contributed by atoms with Crippen LogP contribution in [-0.4, -0.2) is 0 Å². The largest absolute Gasteiger partial charge is 0.359 e. The lowest BCUT2D eigenvalue weighted by molar-refractivity contribution is 1.53. The quantitative estimate of drug-likeness (QED) is 0.259. The molecule has 0 saturated heterocycles. The van der Waals surface area contributed by atoms with Crippen molar-refractivity contribution in [1.29, 1.82) is 5.26 Å². The summed E-state index contributed by atoms with van der Waals surface area (Å²) < 4.78 is 0. The zero-order chi connectivity index (χ0) is 5.54. The molecular weight excluding hydrogens is 88.1 g/mol. The second kappa shape index (κ2) is 4.59. The summed E-state index contributed by atoms with van der Waals surface area (Å²) in [5.41, 5.74) is 4.75. The van der Waals surface area contributed by atoms with Crippen LogP contribution in [0.4, 0.5) is 0 Å². The minimum absolute atomic E-state index is 1.26. The van der Waals surface area contributed by atoms with E-state index >= 15 is 0 Å². The molecular formula is C5H4N2. The molecule has 0 bridgehead atoms. The number of hydrogen-bond acceptors (Lipinski definition) is 2. The first-order chi connectivity index (χ1) is 3.41. The van der Waals surface area contributed by atoms with Gasteiger partial charge in [-0.1, -0.05) is 5.92 Å². The molecule has 0 aromatic rings. The number of nitrogens with zero attached hydrogens (tertiary/aromatic N) is 1. The maximum absolute atomic E-state index is 7.85. The van der Waals surface area contributed by atoms with Crippen LogP contribution >= 0.6 is 0 Å². The summed E-state index contributed by atoms with van der Waals surface area (Å²) in [6, 6.07) is 3.88. The third-order valence-electron chi connectivity index (χ3n) is 0.325. The van der Waals surface area contributed by atoms with Gasteiger partial charge in [0.25, 0.3) is 0 Å². The SMILES string of the molecule is N#CC=CC#CN. The van der Waals surface area contributed by atoms with E-state index in [0.717, 1.165) is 0 Å². The van der Waals surface area contributed by atoms with Crippen molar-refractivity contribution in [3.8, 4) is 18.0 Å². The minimum Gasteiger partial charge on any atom is -0.359 e. The Morgan fingerprint density at radius 1 is 1.43 bits per heavy atom. The maximum atomic E-state index is 7.85. The van der Waals surface area contributed by atoms with Crippen molar-refractivity contribution in [2.75, 3.05) is 0 Å². The van der Waals surface area contributed by atoms with Crippen LogP contribution in [0.5, 0.6) is 0 Å². The molecule has 0 aromatic carbocycles. The Balaban J connectivity index is 3.47. The first-order valence-corrected chi connectivity index (χ1v) is 1.67. The molecule has 2 heteroatoms. The summed E-state index contributed by atoms with van der Waals surface area (Å²) in [4.78, 5) is 0. The maximum Gasteiger partial charge on any atom is 0.0918 e. The van der Waals surface area contributed by atoms with Crippen molar-refractivity contribution in [3.63, 3.8) is 0 Å². The highest BCUT2D eigenvalue weighted by Gasteiger charge is 1.53. The molecule has 7 heavy (non-hydrogen) atoms. The molecule has 0 atom stereocenters. The summed E-state index contributed by atoms with van der Waals surface area (Å²) in [7, 11) is 0. The van der Waals surface area contributed by atoms with Crippen LogP contribution in [0.1, 0.15) is 0 Å². The molecule has 2 N–H and O–H groups in total. The van der Waals surface area contributed by atoms with Crippen LogP contribution in [0.25, 0.3) is 0 Å². The molecule has 0 aliphatic heterocycles. The monoisotopic (exact) mass is 92.0 g/mol. The van der Waals surface area contributed by atoms with Crippen LogP contribution in [0, 0.1) is 23.3 Å². The predicted octanol–water partition coefficient (Wildman–Crippen LogP) is -0.0142. The summed E-state index contributed by atoms with van der Waals surface area (Å²) in [6.45, 7) is 0. The third-order valence-corrected chi connectivity index (χ3v) is 0.325. The molecule has 0 heterocycles. The van der Waals surface area contributed by atoms with Crippen LogP contribution in [-0.2, 0) is 0 Å². The number of rotatable bonds is 0. The zero-order valence-corrected chi connectivity index (χ0v) is 3.68. The van der Waals surface area contributed by atoms with Gasteiger partial charge < -0.3 is 5.73 Å². The molecule has 0 saturated carbocycles. The summed E-state index contributed by atoms with van der Waals surface area (Å²) in [6.07, 6.45) is 2.65. The van der Waals surface area contributed by atoms with E-state index in [1.54, 1.807) is 6.07 Å². The van der Waals surface area contributed by atoms with Gasteiger partial charge in [0.15, 0.2) is 0 Å². The lowest BCUT2D eigenvalue weighted by atomic mass is 10.5. The van der Waals surface area contributed by atoms with E-state index in [2.05, 4.69) is 12.0 Å². The van der Waals surface area contributed by atoms with Gasteiger partial charge in [-0.2, -0.15) is 5.26 Å². The molecule has 0 aliphatic carbocycles. The van der Waals surface area contributed by atoms with Gasteiger partial charge in [0.05, 0.1) is 6.07 Å². The van der Waals surface area contributed by atoms with Gasteiger partial charge in [-0.15, -0.1) is 0 Å². The van der Waals surface area contributed by atoms with Gasteiger partial charge in [-0.3, -0.25) is 0 Å². The van der Waals surface area contributed by atoms with E-state index in [1.165, 1.54) is 12.2 Å². The molecule has 0 rings (SSSR count). The van der Waals surface area contributed by atoms with E-state index in [1.807, 2.05) is 0 Å². The molecule has 2 nitrogen and oxygen atoms in total. The van der Waals surface area contributed by atoms with Gasteiger partial charge in [-0.25, -0.2) is 0 Å². The van der Waals surface area contributed by atoms with Crippen molar-refractivity contribution < 1.29 is 0 Å². The molecule has 0 radical (unpaired) electrons. The van der Waals surface area contributed by atoms with E-state index in [9.17, 15) is 0 Å². The lowest BCUT2D eigenvalue weighted by Gasteiger charge is -1.55. The standard InChI is InChI=1S/C5H4N2/c6-4-2-1-3-5-7/h1-2H,7H2. The van der Waals surface area contributed by atoms with E-state index in [-0.39, 0.29) is 0 Å². The highest BCUT2D eigenvalue weighted by molar-refractivity contribution is 5.18. The molecule has 0 fully saturated rings. The molecule has 0 aliphatic rings. The number of nitrogens with two attached hydrogens (primary N) is 1. The highest BCUT2D eigenvalue weighted by Crippen LogP contribution is 1.60. The van der Waals surface area contributed by atoms with Crippen molar-refractivity contribution in [2.45, 2.75) is 0 Å². The third kappa shape index (κ3) is 4.59. The molecule has 0 unspecified atom stereocenters. The Morgan fingerprint density at radius 2 is 2.14 bits per heavy atom. The second-order valence-electron chi connectivity index (χ2n) is 0.751. The Bertz CT molecular complexity index is 151. The fraction of sp³-hybridized carbons (Fsp3) is 0. The minimum atomic E-state index is 1.26. The van der Waals surface area contributed by atoms with Crippen molar-refractivity contribution in [1.82, 2.24) is 0 Å². The Hall–Kier alpha value is -1.41. The Kier molecular flexibility index (Phi) is 3.67. The topological polar surface area (TPSA) is 49.8 Å². The van der Waals surface area contributed by atoms with Gasteiger partial charge in [0.1, 0.15) is 0 Å². The zero-order valence-electron chi connectivity index (χ0n) is 3.68. The highest BCUT2D eigenvalue weighted by atomic mass is 14.4. The molecule has 0 aromatic heterocycles. The fourth-order valence-corrected chi connectivity index (χ4v) is 0.127. The van der Waals surface area contributed by atoms with Gasteiger partial charge in [-0.05, 0) is 0 Å². The van der Waals surface area contributed by atoms with Crippen LogP contribution in [0.15, 0.2) is 12.2 Å². The average Bonchev–Trinajstić information content (AvgIpc) is 1.69. The fourth-order valence-electron chi connectivity index (χ4n) is 0.127. The smallest absolute Gasteiger partial charge is 0.0918 e. The van der Waals surface area contributed by atoms with Gasteiger partial charge >= 0.3 is 0 Å². The van der Waals surface area contributed by atoms with Gasteiger partial charge in [0, 0.05) is 18.2 Å². The van der Waals surface area contributed by atoms with E-state index in [0.29, 0.717) is 0 Å². The number of nitriles is 1. The van der Waals surface area contributed by atoms with Crippen molar-refractivity contribution in [2.24, 2.45) is 5.73 Å². The lowest BCUT2D eigenvalue weighted by Crippen LogP contribution is -1.73. The van der Waals surface area contributed by atoms with E-state index < -0.39 is 0 Å². The molecule has 0 amide bonds. The average molecular weight is 92.1 g/mol. The van der Waals surface area contributed by atoms with Crippen LogP contribution < -0.4 is 5.73 Å². The van der Waals surface area contributed by atoms with Crippen LogP contribution in [0.3, 0.4) is 0 Å². The summed E-state index contributed by atoms with van der Waals surface area (Å²) in [5, 5.41) is 7.85. The predicted molar refractivity (Wildman–Crippen MR) is 26.7 cm³/mol. The molecule has 0 spiro atoms. The first-order valence-electron chi connectivity index (χ1n) is 1.67. The van der Waals surface area contributed by atoms with Crippen molar-refractivity contribution in [3.05, 3.63) is 12.2 Å². The Morgan fingerprint density at radius 3 is 2.57 bits per heavy atom. The molecule has 34 valence electrons. The van der Waals surface area contributed by atoms with Gasteiger partial charge in [0.2, 0.25) is 0 Å². The summed E-state index contributed by atoms with van der Waals surface area (Å²) in [5.74, 6) is 2.37. The first kappa shape index (κ1) is 5.59. The number of hydrogen-bond donors (Lipinski definition) is 1. The Labute approximate surface area is 42.2 Å². The second-order valence-corrected chi connectivity index (χ2v) is 0.751. The summed E-state index contributed by atoms with van der Waals surface area (Å²) >= 11 is 0. The van der Waals surface area contributed by atoms with Crippen LogP contribution in [0.2, 0.25) is 0 Å². The normalized spacial score (nSPS) is 6.71. The van der Waals surface area contributed by atoms with E-state index in [4.69, 9.17) is 11.0 Å².